The van der Waals surface area contributed by atoms with Gasteiger partial charge in [0.15, 0.2) is 0 Å². The third-order valence-electron chi connectivity index (χ3n) is 5.40. The molecule has 0 aliphatic rings. The quantitative estimate of drug-likeness (QED) is 0.392. The second kappa shape index (κ2) is 14.4. The van der Waals surface area contributed by atoms with Gasteiger partial charge in [-0.3, -0.25) is 4.79 Å². The van der Waals surface area contributed by atoms with Crippen LogP contribution in [0, 0.1) is 6.92 Å². The number of ether oxygens (including phenoxy) is 1. The van der Waals surface area contributed by atoms with Crippen molar-refractivity contribution in [1.82, 2.24) is 5.32 Å². The second-order valence-corrected chi connectivity index (χ2v) is 9.39. The van der Waals surface area contributed by atoms with Gasteiger partial charge in [0.25, 0.3) is 5.91 Å². The number of halogens is 1. The van der Waals surface area contributed by atoms with Gasteiger partial charge in [-0.2, -0.15) is 11.8 Å². The molecular formula is C27H29ClLiNO4S. The summed E-state index contributed by atoms with van der Waals surface area (Å²) in [6, 6.07) is 19.9. The van der Waals surface area contributed by atoms with Crippen LogP contribution in [-0.2, 0) is 22.7 Å². The SMILES string of the molecule is CSCCC(NC(=O)c1ccc(COCc2cccc(Cl)c2)cc1-c1ccccc1C)C(=O)O.[H-].[Li+]. The molecule has 1 amide bonds. The van der Waals surface area contributed by atoms with Crippen LogP contribution in [0.2, 0.25) is 5.02 Å². The Bertz CT molecular complexity index is 1160. The Morgan fingerprint density at radius 3 is 2.40 bits per heavy atom. The summed E-state index contributed by atoms with van der Waals surface area (Å²) in [7, 11) is 0. The molecule has 0 aliphatic carbocycles. The van der Waals surface area contributed by atoms with Crippen molar-refractivity contribution in [3.05, 3.63) is 94.0 Å². The fourth-order valence-corrected chi connectivity index (χ4v) is 4.30. The molecular weight excluding hydrogens is 477 g/mol. The third kappa shape index (κ3) is 8.45. The number of aliphatic carboxylic acids is 1. The zero-order valence-corrected chi connectivity index (χ0v) is 21.8. The molecule has 0 aliphatic heterocycles. The van der Waals surface area contributed by atoms with Gasteiger partial charge in [-0.15, -0.1) is 0 Å². The van der Waals surface area contributed by atoms with Crippen molar-refractivity contribution in [2.24, 2.45) is 0 Å². The molecule has 0 fully saturated rings. The second-order valence-electron chi connectivity index (χ2n) is 7.96. The van der Waals surface area contributed by atoms with Crippen LogP contribution in [0.25, 0.3) is 11.1 Å². The van der Waals surface area contributed by atoms with Gasteiger partial charge in [0, 0.05) is 10.6 Å². The van der Waals surface area contributed by atoms with E-state index in [1.807, 2.05) is 73.8 Å². The number of carbonyl (C=O) groups is 2. The topological polar surface area (TPSA) is 75.6 Å². The maximum absolute atomic E-state index is 13.1. The van der Waals surface area contributed by atoms with E-state index in [0.717, 1.165) is 27.8 Å². The molecule has 3 aromatic carbocycles. The van der Waals surface area contributed by atoms with Crippen molar-refractivity contribution in [1.29, 1.82) is 0 Å². The molecule has 1 atom stereocenters. The van der Waals surface area contributed by atoms with E-state index >= 15 is 0 Å². The number of amides is 1. The number of hydrogen-bond acceptors (Lipinski definition) is 4. The van der Waals surface area contributed by atoms with Gasteiger partial charge in [-0.05, 0) is 77.4 Å². The summed E-state index contributed by atoms with van der Waals surface area (Å²) < 4.78 is 5.88. The van der Waals surface area contributed by atoms with E-state index in [1.165, 1.54) is 0 Å². The number of carboxylic acids is 1. The van der Waals surface area contributed by atoms with Gasteiger partial charge in [0.05, 0.1) is 13.2 Å². The maximum atomic E-state index is 13.1. The minimum atomic E-state index is -1.04. The predicted octanol–water partition coefficient (Wildman–Crippen LogP) is 3.08. The first kappa shape index (κ1) is 29.0. The van der Waals surface area contributed by atoms with Gasteiger partial charge in [0.2, 0.25) is 0 Å². The van der Waals surface area contributed by atoms with Crippen LogP contribution in [-0.4, -0.2) is 35.0 Å². The molecule has 5 nitrogen and oxygen atoms in total. The van der Waals surface area contributed by atoms with Crippen LogP contribution < -0.4 is 24.2 Å². The van der Waals surface area contributed by atoms with Gasteiger partial charge in [0.1, 0.15) is 6.04 Å². The van der Waals surface area contributed by atoms with Crippen LogP contribution in [0.1, 0.15) is 34.9 Å². The molecule has 35 heavy (non-hydrogen) atoms. The van der Waals surface area contributed by atoms with Crippen molar-refractivity contribution in [3.8, 4) is 11.1 Å². The summed E-state index contributed by atoms with van der Waals surface area (Å²) in [5, 5.41) is 12.9. The van der Waals surface area contributed by atoms with Crippen molar-refractivity contribution in [2.75, 3.05) is 12.0 Å². The fourth-order valence-electron chi connectivity index (χ4n) is 3.62. The molecule has 3 rings (SSSR count). The van der Waals surface area contributed by atoms with E-state index < -0.39 is 17.9 Å². The van der Waals surface area contributed by atoms with E-state index in [9.17, 15) is 14.7 Å². The van der Waals surface area contributed by atoms with Gasteiger partial charge >= 0.3 is 24.8 Å². The van der Waals surface area contributed by atoms with E-state index in [-0.39, 0.29) is 20.3 Å². The van der Waals surface area contributed by atoms with Gasteiger partial charge < -0.3 is 16.6 Å². The average molecular weight is 506 g/mol. The Kier molecular flexibility index (Phi) is 11.9. The van der Waals surface area contributed by atoms with Crippen molar-refractivity contribution in [3.63, 3.8) is 0 Å². The Balaban J connectivity index is 0.00000324. The zero-order chi connectivity index (χ0) is 24.5. The minimum Gasteiger partial charge on any atom is -1.00 e. The summed E-state index contributed by atoms with van der Waals surface area (Å²) in [5.74, 6) is -0.797. The van der Waals surface area contributed by atoms with E-state index in [2.05, 4.69) is 5.32 Å². The summed E-state index contributed by atoms with van der Waals surface area (Å²) in [5.41, 5.74) is 5.00. The summed E-state index contributed by atoms with van der Waals surface area (Å²) >= 11 is 7.59. The summed E-state index contributed by atoms with van der Waals surface area (Å²) in [6.07, 6.45) is 2.27. The molecule has 2 N–H and O–H groups in total. The fraction of sp³-hybridized carbons (Fsp3) is 0.259. The molecule has 0 aromatic heterocycles. The third-order valence-corrected chi connectivity index (χ3v) is 6.28. The van der Waals surface area contributed by atoms with Crippen LogP contribution in [0.3, 0.4) is 0 Å². The molecule has 3 aromatic rings. The Labute approximate surface area is 229 Å². The smallest absolute Gasteiger partial charge is 1.00 e. The van der Waals surface area contributed by atoms with E-state index in [0.29, 0.717) is 36.0 Å². The van der Waals surface area contributed by atoms with E-state index in [4.69, 9.17) is 16.3 Å². The number of carboxylic acid groups (broad SMARTS) is 1. The van der Waals surface area contributed by atoms with E-state index in [1.54, 1.807) is 17.8 Å². The Hall–Kier alpha value is -2.20. The molecule has 0 heterocycles. The number of benzene rings is 3. The van der Waals surface area contributed by atoms with Crippen LogP contribution >= 0.6 is 23.4 Å². The summed E-state index contributed by atoms with van der Waals surface area (Å²) in [6.45, 7) is 2.76. The van der Waals surface area contributed by atoms with Crippen molar-refractivity contribution in [2.45, 2.75) is 32.6 Å². The first-order valence-electron chi connectivity index (χ1n) is 10.9. The number of aryl methyl sites for hydroxylation is 1. The van der Waals surface area contributed by atoms with Crippen molar-refractivity contribution < 1.29 is 39.7 Å². The first-order valence-corrected chi connectivity index (χ1v) is 12.7. The maximum Gasteiger partial charge on any atom is 1.00 e. The largest absolute Gasteiger partial charge is 1.00 e. The van der Waals surface area contributed by atoms with Crippen LogP contribution in [0.4, 0.5) is 0 Å². The number of hydrogen-bond donors (Lipinski definition) is 2. The normalized spacial score (nSPS) is 11.4. The molecule has 0 saturated carbocycles. The molecule has 180 valence electrons. The average Bonchev–Trinajstić information content (AvgIpc) is 2.82. The molecule has 0 spiro atoms. The number of nitrogens with one attached hydrogen (secondary N) is 1. The van der Waals surface area contributed by atoms with Crippen molar-refractivity contribution >= 4 is 35.2 Å². The standard InChI is InChI=1S/C27H28ClNO4S.Li.H/c1-18-6-3-4-9-22(18)24-15-20(17-33-16-19-7-5-8-21(28)14-19)10-11-23(24)26(30)29-25(27(31)32)12-13-34-2;;/h3-11,14-15,25H,12-13,16-17H2,1-2H3,(H,29,30)(H,31,32);;/q;+1;-1. The number of carbonyl (C=O) groups excluding carboxylic acids is 1. The van der Waals surface area contributed by atoms with Gasteiger partial charge in [-0.1, -0.05) is 54.1 Å². The van der Waals surface area contributed by atoms with Crippen LogP contribution in [0.15, 0.2) is 66.7 Å². The molecule has 0 radical (unpaired) electrons. The Morgan fingerprint density at radius 1 is 1.03 bits per heavy atom. The number of rotatable bonds is 11. The molecule has 1 unspecified atom stereocenters. The van der Waals surface area contributed by atoms with Crippen LogP contribution in [0.5, 0.6) is 0 Å². The molecule has 0 saturated heterocycles. The molecule has 8 heteroatoms. The predicted molar refractivity (Wildman–Crippen MR) is 140 cm³/mol. The molecule has 0 bridgehead atoms. The summed E-state index contributed by atoms with van der Waals surface area (Å²) in [4.78, 5) is 24.8. The monoisotopic (exact) mass is 505 g/mol. The number of thioether (sulfide) groups is 1. The minimum absolute atomic E-state index is 0. The van der Waals surface area contributed by atoms with Gasteiger partial charge in [-0.25, -0.2) is 4.79 Å². The zero-order valence-electron chi connectivity index (χ0n) is 21.2. The first-order chi connectivity index (χ1) is 16.4. The Morgan fingerprint density at radius 2 is 1.74 bits per heavy atom.